The quantitative estimate of drug-likeness (QED) is 0.344. The molecule has 1 fully saturated rings. The molecular weight excluding hydrogens is 449 g/mol. The Morgan fingerprint density at radius 2 is 1.82 bits per heavy atom. The number of nitrogens with zero attached hydrogens (tertiary/aromatic N) is 2. The van der Waals surface area contributed by atoms with Crippen molar-refractivity contribution in [1.29, 1.82) is 0 Å². The molecule has 3 aromatic carbocycles. The van der Waals surface area contributed by atoms with Gasteiger partial charge in [-0.3, -0.25) is 14.7 Å². The van der Waals surface area contributed by atoms with Crippen LogP contribution in [0.4, 0.5) is 10.1 Å². The number of carbonyl (C=O) groups is 1. The maximum atomic E-state index is 14.8. The van der Waals surface area contributed by atoms with Crippen molar-refractivity contribution in [1.82, 2.24) is 9.88 Å². The Balaban J connectivity index is 1.34. The lowest BCUT2D eigenvalue weighted by Crippen LogP contribution is -2.18. The Morgan fingerprint density at radius 1 is 1.06 bits per heavy atom. The Labute approximate surface area is 203 Å². The largest absolute Gasteiger partial charge is 0.322 e. The highest BCUT2D eigenvalue weighted by Gasteiger charge is 2.15. The Bertz CT molecular complexity index is 1360. The summed E-state index contributed by atoms with van der Waals surface area (Å²) in [7, 11) is 0. The second-order valence-electron chi connectivity index (χ2n) is 8.84. The van der Waals surface area contributed by atoms with Crippen LogP contribution in [-0.4, -0.2) is 28.9 Å². The van der Waals surface area contributed by atoms with Crippen molar-refractivity contribution in [2.75, 3.05) is 18.4 Å². The van der Waals surface area contributed by atoms with Crippen molar-refractivity contribution in [3.63, 3.8) is 0 Å². The summed E-state index contributed by atoms with van der Waals surface area (Å²) >= 11 is 5.92. The molecule has 1 aliphatic heterocycles. The standard InChI is InChI=1S/C28H25ClFN3O/c1-18-12-22-13-19(17-33-10-2-3-11-33)16-31-27(22)15-26(18)32-28(34)21-6-9-24(25(30)14-21)20-4-7-23(29)8-5-20/h4-9,12-16H,2-3,10-11,17H2,1H3,(H,32,34). The van der Waals surface area contributed by atoms with E-state index in [-0.39, 0.29) is 11.5 Å². The zero-order chi connectivity index (χ0) is 23.7. The molecule has 1 aromatic heterocycles. The van der Waals surface area contributed by atoms with E-state index in [0.717, 1.165) is 36.1 Å². The number of halogens is 2. The third-order valence-corrected chi connectivity index (χ3v) is 6.58. The molecule has 0 radical (unpaired) electrons. The number of aromatic nitrogens is 1. The van der Waals surface area contributed by atoms with Crippen molar-refractivity contribution in [3.8, 4) is 11.1 Å². The molecule has 6 heteroatoms. The summed E-state index contributed by atoms with van der Waals surface area (Å²) in [6, 6.07) is 17.5. The van der Waals surface area contributed by atoms with Gasteiger partial charge in [0, 0.05) is 40.0 Å². The minimum Gasteiger partial charge on any atom is -0.322 e. The van der Waals surface area contributed by atoms with Crippen LogP contribution in [-0.2, 0) is 6.54 Å². The number of likely N-dealkylation sites (tertiary alicyclic amines) is 1. The molecule has 1 amide bonds. The van der Waals surface area contributed by atoms with Gasteiger partial charge in [-0.2, -0.15) is 0 Å². The number of pyridine rings is 1. The van der Waals surface area contributed by atoms with E-state index in [4.69, 9.17) is 11.6 Å². The van der Waals surface area contributed by atoms with E-state index in [1.165, 1.54) is 24.5 Å². The fraction of sp³-hybridized carbons (Fsp3) is 0.214. The number of anilines is 1. The predicted octanol–water partition coefficient (Wildman–Crippen LogP) is 6.85. The summed E-state index contributed by atoms with van der Waals surface area (Å²) in [5.74, 6) is -0.827. The van der Waals surface area contributed by atoms with Crippen LogP contribution >= 0.6 is 11.6 Å². The number of carbonyl (C=O) groups excluding carboxylic acids is 1. The topological polar surface area (TPSA) is 45.2 Å². The minimum absolute atomic E-state index is 0.253. The van der Waals surface area contributed by atoms with E-state index in [1.54, 1.807) is 36.4 Å². The van der Waals surface area contributed by atoms with Gasteiger partial charge >= 0.3 is 0 Å². The molecule has 4 aromatic rings. The number of hydrogen-bond donors (Lipinski definition) is 1. The van der Waals surface area contributed by atoms with Crippen molar-refractivity contribution < 1.29 is 9.18 Å². The van der Waals surface area contributed by atoms with Gasteiger partial charge in [0.15, 0.2) is 0 Å². The normalized spacial score (nSPS) is 14.0. The molecule has 34 heavy (non-hydrogen) atoms. The van der Waals surface area contributed by atoms with Crippen molar-refractivity contribution in [3.05, 3.63) is 94.4 Å². The van der Waals surface area contributed by atoms with Gasteiger partial charge in [-0.25, -0.2) is 4.39 Å². The Kier molecular flexibility index (Phi) is 6.31. The van der Waals surface area contributed by atoms with Gasteiger partial charge in [0.1, 0.15) is 5.82 Å². The average molecular weight is 474 g/mol. The second kappa shape index (κ2) is 9.53. The van der Waals surface area contributed by atoms with Crippen molar-refractivity contribution in [2.45, 2.75) is 26.3 Å². The van der Waals surface area contributed by atoms with Crippen molar-refractivity contribution in [2.24, 2.45) is 0 Å². The first kappa shape index (κ1) is 22.5. The fourth-order valence-corrected chi connectivity index (χ4v) is 4.60. The van der Waals surface area contributed by atoms with Gasteiger partial charge in [0.05, 0.1) is 5.52 Å². The Hall–Kier alpha value is -3.28. The third kappa shape index (κ3) is 4.81. The average Bonchev–Trinajstić information content (AvgIpc) is 3.33. The predicted molar refractivity (Wildman–Crippen MR) is 136 cm³/mol. The van der Waals surface area contributed by atoms with Crippen LogP contribution in [0, 0.1) is 12.7 Å². The smallest absolute Gasteiger partial charge is 0.255 e. The molecule has 1 saturated heterocycles. The maximum absolute atomic E-state index is 14.8. The number of hydrogen-bond acceptors (Lipinski definition) is 3. The van der Waals surface area contributed by atoms with E-state index in [0.29, 0.717) is 21.8 Å². The van der Waals surface area contributed by atoms with Gasteiger partial charge in [0.2, 0.25) is 0 Å². The molecule has 0 aliphatic carbocycles. The minimum atomic E-state index is -0.461. The van der Waals surface area contributed by atoms with Crippen LogP contribution in [0.25, 0.3) is 22.0 Å². The van der Waals surface area contributed by atoms with Crippen LogP contribution in [0.15, 0.2) is 66.9 Å². The summed E-state index contributed by atoms with van der Waals surface area (Å²) in [6.45, 7) is 5.15. The summed E-state index contributed by atoms with van der Waals surface area (Å²) in [5, 5.41) is 4.55. The van der Waals surface area contributed by atoms with Crippen LogP contribution < -0.4 is 5.32 Å². The van der Waals surface area contributed by atoms with Crippen LogP contribution in [0.1, 0.15) is 34.3 Å². The van der Waals surface area contributed by atoms with E-state index in [1.807, 2.05) is 25.3 Å². The molecule has 0 atom stereocenters. The zero-order valence-corrected chi connectivity index (χ0v) is 19.7. The number of rotatable bonds is 5. The first-order valence-electron chi connectivity index (χ1n) is 11.4. The van der Waals surface area contributed by atoms with E-state index < -0.39 is 5.82 Å². The highest BCUT2D eigenvalue weighted by atomic mass is 35.5. The van der Waals surface area contributed by atoms with Gasteiger partial charge in [-0.05, 0) is 92.0 Å². The number of benzene rings is 3. The molecule has 1 aliphatic rings. The lowest BCUT2D eigenvalue weighted by atomic mass is 10.0. The number of nitrogens with one attached hydrogen (secondary N) is 1. The van der Waals surface area contributed by atoms with Gasteiger partial charge in [-0.1, -0.05) is 29.8 Å². The van der Waals surface area contributed by atoms with Gasteiger partial charge in [0.25, 0.3) is 5.91 Å². The van der Waals surface area contributed by atoms with Gasteiger partial charge in [-0.15, -0.1) is 0 Å². The molecule has 4 nitrogen and oxygen atoms in total. The third-order valence-electron chi connectivity index (χ3n) is 6.32. The lowest BCUT2D eigenvalue weighted by Gasteiger charge is -2.15. The molecule has 5 rings (SSSR count). The van der Waals surface area contributed by atoms with E-state index in [9.17, 15) is 9.18 Å². The summed E-state index contributed by atoms with van der Waals surface area (Å²) in [5.41, 5.74) is 4.98. The molecule has 0 saturated carbocycles. The lowest BCUT2D eigenvalue weighted by molar-refractivity contribution is 0.102. The molecular formula is C28H25ClFN3O. The molecule has 0 unspecified atom stereocenters. The molecule has 0 bridgehead atoms. The van der Waals surface area contributed by atoms with Gasteiger partial charge < -0.3 is 5.32 Å². The highest BCUT2D eigenvalue weighted by molar-refractivity contribution is 6.30. The molecule has 172 valence electrons. The van der Waals surface area contributed by atoms with Crippen LogP contribution in [0.2, 0.25) is 5.02 Å². The number of aryl methyl sites for hydroxylation is 1. The maximum Gasteiger partial charge on any atom is 0.255 e. The summed E-state index contributed by atoms with van der Waals surface area (Å²) in [4.78, 5) is 19.9. The second-order valence-corrected chi connectivity index (χ2v) is 9.28. The van der Waals surface area contributed by atoms with Crippen LogP contribution in [0.3, 0.4) is 0 Å². The molecule has 1 N–H and O–H groups in total. The first-order chi connectivity index (χ1) is 16.5. The van der Waals surface area contributed by atoms with Crippen LogP contribution in [0.5, 0.6) is 0 Å². The zero-order valence-electron chi connectivity index (χ0n) is 18.9. The Morgan fingerprint density at radius 3 is 2.56 bits per heavy atom. The van der Waals surface area contributed by atoms with Crippen molar-refractivity contribution >= 4 is 34.1 Å². The summed E-state index contributed by atoms with van der Waals surface area (Å²) in [6.07, 6.45) is 4.43. The SMILES string of the molecule is Cc1cc2cc(CN3CCCC3)cnc2cc1NC(=O)c1ccc(-c2ccc(Cl)cc2)c(F)c1. The van der Waals surface area contributed by atoms with E-state index >= 15 is 0 Å². The summed E-state index contributed by atoms with van der Waals surface area (Å²) < 4.78 is 14.8. The molecule has 2 heterocycles. The number of fused-ring (bicyclic) bond motifs is 1. The number of amides is 1. The monoisotopic (exact) mass is 473 g/mol. The van der Waals surface area contributed by atoms with E-state index in [2.05, 4.69) is 21.3 Å². The highest BCUT2D eigenvalue weighted by Crippen LogP contribution is 2.27. The first-order valence-corrected chi connectivity index (χ1v) is 11.8. The fourth-order valence-electron chi connectivity index (χ4n) is 4.47. The molecule has 0 spiro atoms.